The van der Waals surface area contributed by atoms with E-state index in [4.69, 9.17) is 22.1 Å². The molecule has 0 aliphatic heterocycles. The van der Waals surface area contributed by atoms with Crippen molar-refractivity contribution in [2.45, 2.75) is 6.10 Å². The van der Waals surface area contributed by atoms with Crippen molar-refractivity contribution in [3.8, 4) is 5.75 Å². The van der Waals surface area contributed by atoms with Crippen molar-refractivity contribution in [3.63, 3.8) is 0 Å². The van der Waals surface area contributed by atoms with Crippen LogP contribution in [0.25, 0.3) is 0 Å². The molecule has 0 radical (unpaired) electrons. The second-order valence-corrected chi connectivity index (χ2v) is 4.48. The van der Waals surface area contributed by atoms with E-state index in [-0.39, 0.29) is 11.6 Å². The van der Waals surface area contributed by atoms with Crippen LogP contribution in [-0.2, 0) is 0 Å². The van der Waals surface area contributed by atoms with E-state index in [0.29, 0.717) is 17.0 Å². The predicted octanol–water partition coefficient (Wildman–Crippen LogP) is 3.17. The van der Waals surface area contributed by atoms with Gasteiger partial charge in [-0.1, -0.05) is 23.7 Å². The molecule has 5 heteroatoms. The average Bonchev–Trinajstić information content (AvgIpc) is 2.38. The molecule has 1 unspecified atom stereocenters. The zero-order chi connectivity index (χ0) is 13.8. The van der Waals surface area contributed by atoms with Crippen molar-refractivity contribution in [3.05, 3.63) is 58.9 Å². The molecule has 0 saturated heterocycles. The number of anilines is 1. The summed E-state index contributed by atoms with van der Waals surface area (Å²) in [4.78, 5) is 0. The number of halogens is 2. The van der Waals surface area contributed by atoms with Gasteiger partial charge in [-0.25, -0.2) is 4.39 Å². The Hall–Kier alpha value is -1.78. The Kier molecular flexibility index (Phi) is 4.24. The Morgan fingerprint density at radius 2 is 1.89 bits per heavy atom. The minimum atomic E-state index is -0.804. The van der Waals surface area contributed by atoms with E-state index in [1.807, 2.05) is 0 Å². The van der Waals surface area contributed by atoms with Crippen LogP contribution in [0.2, 0.25) is 5.02 Å². The first-order valence-corrected chi connectivity index (χ1v) is 6.05. The highest BCUT2D eigenvalue weighted by Gasteiger charge is 2.10. The lowest BCUT2D eigenvalue weighted by Gasteiger charge is -2.13. The van der Waals surface area contributed by atoms with Crippen LogP contribution >= 0.6 is 11.6 Å². The number of hydrogen-bond donors (Lipinski definition) is 2. The average molecular weight is 282 g/mol. The molecule has 0 aliphatic rings. The van der Waals surface area contributed by atoms with Crippen LogP contribution in [0.15, 0.2) is 42.5 Å². The van der Waals surface area contributed by atoms with Gasteiger partial charge in [0, 0.05) is 5.69 Å². The third-order valence-corrected chi connectivity index (χ3v) is 2.91. The SMILES string of the molecule is Nc1ccc(C(O)COc2ccc(F)cc2Cl)cc1. The van der Waals surface area contributed by atoms with Gasteiger partial charge in [-0.2, -0.15) is 0 Å². The van der Waals surface area contributed by atoms with Crippen molar-refractivity contribution in [2.75, 3.05) is 12.3 Å². The molecular formula is C14H13ClFNO2. The molecule has 0 bridgehead atoms. The second kappa shape index (κ2) is 5.91. The molecule has 2 aromatic rings. The number of benzene rings is 2. The quantitative estimate of drug-likeness (QED) is 0.846. The zero-order valence-corrected chi connectivity index (χ0v) is 10.8. The lowest BCUT2D eigenvalue weighted by molar-refractivity contribution is 0.108. The molecule has 100 valence electrons. The maximum Gasteiger partial charge on any atom is 0.138 e. The van der Waals surface area contributed by atoms with Gasteiger partial charge < -0.3 is 15.6 Å². The molecule has 2 rings (SSSR count). The Labute approximate surface area is 115 Å². The summed E-state index contributed by atoms with van der Waals surface area (Å²) < 4.78 is 18.2. The molecule has 0 fully saturated rings. The first kappa shape index (κ1) is 13.6. The fourth-order valence-corrected chi connectivity index (χ4v) is 1.80. The normalized spacial score (nSPS) is 12.2. The van der Waals surface area contributed by atoms with Gasteiger partial charge in [0.2, 0.25) is 0 Å². The predicted molar refractivity (Wildman–Crippen MR) is 72.7 cm³/mol. The van der Waals surface area contributed by atoms with Crippen LogP contribution in [0.1, 0.15) is 11.7 Å². The Morgan fingerprint density at radius 1 is 1.21 bits per heavy atom. The topological polar surface area (TPSA) is 55.5 Å². The summed E-state index contributed by atoms with van der Waals surface area (Å²) in [6.07, 6.45) is -0.804. The summed E-state index contributed by atoms with van der Waals surface area (Å²) in [5.74, 6) is -0.103. The summed E-state index contributed by atoms with van der Waals surface area (Å²) in [5.41, 5.74) is 6.87. The summed E-state index contributed by atoms with van der Waals surface area (Å²) in [6, 6.07) is 10.7. The highest BCUT2D eigenvalue weighted by Crippen LogP contribution is 2.26. The fraction of sp³-hybridized carbons (Fsp3) is 0.143. The highest BCUT2D eigenvalue weighted by molar-refractivity contribution is 6.32. The Morgan fingerprint density at radius 3 is 2.53 bits per heavy atom. The third kappa shape index (κ3) is 3.59. The first-order valence-electron chi connectivity index (χ1n) is 5.67. The van der Waals surface area contributed by atoms with Gasteiger partial charge in [0.25, 0.3) is 0 Å². The summed E-state index contributed by atoms with van der Waals surface area (Å²) >= 11 is 5.82. The van der Waals surface area contributed by atoms with Gasteiger partial charge in [0.1, 0.15) is 24.3 Å². The van der Waals surface area contributed by atoms with E-state index in [0.717, 1.165) is 6.07 Å². The van der Waals surface area contributed by atoms with Crippen LogP contribution in [0, 0.1) is 5.82 Å². The van der Waals surface area contributed by atoms with Gasteiger partial charge in [-0.15, -0.1) is 0 Å². The van der Waals surface area contributed by atoms with Crippen LogP contribution in [0.4, 0.5) is 10.1 Å². The smallest absolute Gasteiger partial charge is 0.138 e. The lowest BCUT2D eigenvalue weighted by atomic mass is 10.1. The van der Waals surface area contributed by atoms with Crippen molar-refractivity contribution in [2.24, 2.45) is 0 Å². The largest absolute Gasteiger partial charge is 0.489 e. The summed E-state index contributed by atoms with van der Waals surface area (Å²) in [5, 5.41) is 10.1. The number of aliphatic hydroxyl groups excluding tert-OH is 1. The zero-order valence-electron chi connectivity index (χ0n) is 10.0. The summed E-state index contributed by atoms with van der Waals surface area (Å²) in [6.45, 7) is 0.0231. The standard InChI is InChI=1S/C14H13ClFNO2/c15-12-7-10(16)3-6-14(12)19-8-13(18)9-1-4-11(17)5-2-9/h1-7,13,18H,8,17H2. The maximum atomic E-state index is 12.8. The van der Waals surface area contributed by atoms with Crippen LogP contribution in [-0.4, -0.2) is 11.7 Å². The number of ether oxygens (including phenoxy) is 1. The minimum absolute atomic E-state index is 0.0231. The number of nitrogen functional groups attached to an aromatic ring is 1. The third-order valence-electron chi connectivity index (χ3n) is 2.61. The first-order chi connectivity index (χ1) is 9.06. The molecule has 0 heterocycles. The van der Waals surface area contributed by atoms with Crippen LogP contribution in [0.3, 0.4) is 0 Å². The van der Waals surface area contributed by atoms with Crippen molar-refractivity contribution in [1.29, 1.82) is 0 Å². The van der Waals surface area contributed by atoms with E-state index in [9.17, 15) is 9.50 Å². The molecule has 19 heavy (non-hydrogen) atoms. The number of nitrogens with two attached hydrogens (primary N) is 1. The molecule has 0 saturated carbocycles. The van der Waals surface area contributed by atoms with Crippen LogP contribution in [0.5, 0.6) is 5.75 Å². The molecule has 0 spiro atoms. The van der Waals surface area contributed by atoms with Gasteiger partial charge in [0.05, 0.1) is 5.02 Å². The fourth-order valence-electron chi connectivity index (χ4n) is 1.58. The monoisotopic (exact) mass is 281 g/mol. The van der Waals surface area contributed by atoms with Crippen molar-refractivity contribution >= 4 is 17.3 Å². The molecule has 3 N–H and O–H groups in total. The minimum Gasteiger partial charge on any atom is -0.489 e. The molecule has 1 atom stereocenters. The van der Waals surface area contributed by atoms with E-state index in [1.54, 1.807) is 24.3 Å². The molecule has 3 nitrogen and oxygen atoms in total. The van der Waals surface area contributed by atoms with Gasteiger partial charge in [0.15, 0.2) is 0 Å². The molecular weight excluding hydrogens is 269 g/mol. The van der Waals surface area contributed by atoms with Gasteiger partial charge in [-0.05, 0) is 35.9 Å². The van der Waals surface area contributed by atoms with Crippen molar-refractivity contribution < 1.29 is 14.2 Å². The Bertz CT molecular complexity index is 560. The second-order valence-electron chi connectivity index (χ2n) is 4.07. The van der Waals surface area contributed by atoms with E-state index < -0.39 is 11.9 Å². The number of rotatable bonds is 4. The van der Waals surface area contributed by atoms with E-state index in [1.165, 1.54) is 12.1 Å². The number of hydrogen-bond acceptors (Lipinski definition) is 3. The van der Waals surface area contributed by atoms with E-state index in [2.05, 4.69) is 0 Å². The molecule has 0 aromatic heterocycles. The van der Waals surface area contributed by atoms with Gasteiger partial charge >= 0.3 is 0 Å². The highest BCUT2D eigenvalue weighted by atomic mass is 35.5. The van der Waals surface area contributed by atoms with Gasteiger partial charge in [-0.3, -0.25) is 0 Å². The Balaban J connectivity index is 2.00. The van der Waals surface area contributed by atoms with Crippen molar-refractivity contribution in [1.82, 2.24) is 0 Å². The maximum absolute atomic E-state index is 12.8. The van der Waals surface area contributed by atoms with E-state index >= 15 is 0 Å². The summed E-state index contributed by atoms with van der Waals surface area (Å²) in [7, 11) is 0. The molecule has 0 amide bonds. The lowest BCUT2D eigenvalue weighted by Crippen LogP contribution is -2.10. The molecule has 2 aromatic carbocycles. The van der Waals surface area contributed by atoms with Crippen LogP contribution < -0.4 is 10.5 Å². The number of aliphatic hydroxyl groups is 1. The molecule has 0 aliphatic carbocycles.